The van der Waals surface area contributed by atoms with Crippen LogP contribution >= 0.6 is 0 Å². The highest BCUT2D eigenvalue weighted by molar-refractivity contribution is 6.01. The van der Waals surface area contributed by atoms with Crippen LogP contribution < -0.4 is 5.32 Å². The predicted octanol–water partition coefficient (Wildman–Crippen LogP) is 2.15. The molecule has 0 radical (unpaired) electrons. The van der Waals surface area contributed by atoms with Crippen molar-refractivity contribution in [3.05, 3.63) is 29.3 Å². The minimum absolute atomic E-state index is 0.147. The fraction of sp³-hybridized carbons (Fsp3) is 0.429. The Hall–Kier alpha value is -1.88. The summed E-state index contributed by atoms with van der Waals surface area (Å²) in [5.74, 6) is -0.609. The summed E-state index contributed by atoms with van der Waals surface area (Å²) in [6, 6.07) is 5.23. The van der Waals surface area contributed by atoms with E-state index >= 15 is 0 Å². The Morgan fingerprint density at radius 1 is 1.26 bits per heavy atom. The summed E-state index contributed by atoms with van der Waals surface area (Å²) in [5.41, 5.74) is 1.76. The van der Waals surface area contributed by atoms with Gasteiger partial charge in [0.1, 0.15) is 0 Å². The van der Waals surface area contributed by atoms with Gasteiger partial charge >= 0.3 is 5.97 Å². The van der Waals surface area contributed by atoms with Crippen molar-refractivity contribution in [1.82, 2.24) is 0 Å². The number of carbonyl (C=O) groups excluding carboxylic acids is 2. The van der Waals surface area contributed by atoms with Gasteiger partial charge in [0, 0.05) is 20.1 Å². The number of nitrogens with one attached hydrogen (secondary N) is 1. The Morgan fingerprint density at radius 2 is 2.00 bits per heavy atom. The first-order chi connectivity index (χ1) is 9.08. The molecule has 1 aromatic carbocycles. The molecular weight excluding hydrogens is 246 g/mol. The maximum Gasteiger partial charge on any atom is 0.339 e. The monoisotopic (exact) mass is 265 g/mol. The summed E-state index contributed by atoms with van der Waals surface area (Å²) < 4.78 is 9.59. The Kier molecular flexibility index (Phi) is 6.02. The Bertz CT molecular complexity index is 457. The summed E-state index contributed by atoms with van der Waals surface area (Å²) in [6.45, 7) is 2.40. The summed E-state index contributed by atoms with van der Waals surface area (Å²) in [6.07, 6.45) is 0.990. The molecule has 5 nitrogen and oxygen atoms in total. The molecule has 1 rings (SSSR count). The average molecular weight is 265 g/mol. The quantitative estimate of drug-likeness (QED) is 0.632. The van der Waals surface area contributed by atoms with Crippen molar-refractivity contribution in [2.24, 2.45) is 0 Å². The first-order valence-corrected chi connectivity index (χ1v) is 6.06. The van der Waals surface area contributed by atoms with Crippen LogP contribution in [-0.4, -0.2) is 32.7 Å². The van der Waals surface area contributed by atoms with Gasteiger partial charge in [-0.1, -0.05) is 11.6 Å². The zero-order valence-corrected chi connectivity index (χ0v) is 11.5. The van der Waals surface area contributed by atoms with Gasteiger partial charge in [-0.15, -0.1) is 0 Å². The van der Waals surface area contributed by atoms with Crippen molar-refractivity contribution >= 4 is 17.6 Å². The number of anilines is 1. The molecule has 0 aliphatic rings. The highest BCUT2D eigenvalue weighted by atomic mass is 16.5. The van der Waals surface area contributed by atoms with Gasteiger partial charge in [0.05, 0.1) is 18.4 Å². The summed E-state index contributed by atoms with van der Waals surface area (Å²) in [4.78, 5) is 23.4. The van der Waals surface area contributed by atoms with Crippen LogP contribution in [-0.2, 0) is 14.3 Å². The lowest BCUT2D eigenvalue weighted by atomic mass is 10.1. The van der Waals surface area contributed by atoms with Crippen LogP contribution in [0.15, 0.2) is 18.2 Å². The third-order valence-corrected chi connectivity index (χ3v) is 2.61. The van der Waals surface area contributed by atoms with Crippen molar-refractivity contribution in [2.75, 3.05) is 26.1 Å². The largest absolute Gasteiger partial charge is 0.465 e. The van der Waals surface area contributed by atoms with Gasteiger partial charge < -0.3 is 14.8 Å². The molecular formula is C14H19NO4. The molecule has 0 bridgehead atoms. The smallest absolute Gasteiger partial charge is 0.339 e. The van der Waals surface area contributed by atoms with E-state index in [4.69, 9.17) is 9.47 Å². The topological polar surface area (TPSA) is 64.6 Å². The molecule has 0 aromatic heterocycles. The molecule has 0 atom stereocenters. The number of methoxy groups -OCH3 is 2. The van der Waals surface area contributed by atoms with Gasteiger partial charge in [-0.2, -0.15) is 0 Å². The fourth-order valence-corrected chi connectivity index (χ4v) is 1.64. The second kappa shape index (κ2) is 7.53. The zero-order valence-electron chi connectivity index (χ0n) is 11.5. The van der Waals surface area contributed by atoms with Crippen LogP contribution in [0.1, 0.15) is 28.8 Å². The molecule has 0 spiro atoms. The Labute approximate surface area is 112 Å². The van der Waals surface area contributed by atoms with Crippen LogP contribution in [0.25, 0.3) is 0 Å². The van der Waals surface area contributed by atoms with Crippen molar-refractivity contribution < 1.29 is 19.1 Å². The highest BCUT2D eigenvalue weighted by Crippen LogP contribution is 2.18. The van der Waals surface area contributed by atoms with Crippen molar-refractivity contribution in [3.63, 3.8) is 0 Å². The maximum atomic E-state index is 11.7. The van der Waals surface area contributed by atoms with Gasteiger partial charge in [-0.05, 0) is 25.5 Å². The second-order valence-electron chi connectivity index (χ2n) is 4.19. The van der Waals surface area contributed by atoms with Crippen LogP contribution in [0, 0.1) is 6.92 Å². The third-order valence-electron chi connectivity index (χ3n) is 2.61. The summed E-state index contributed by atoms with van der Waals surface area (Å²) in [7, 11) is 2.90. The number of benzene rings is 1. The number of esters is 1. The molecule has 0 fully saturated rings. The SMILES string of the molecule is COCCCC(=O)Nc1ccc(C)cc1C(=O)OC. The minimum Gasteiger partial charge on any atom is -0.465 e. The third kappa shape index (κ3) is 4.71. The van der Waals surface area contributed by atoms with E-state index in [2.05, 4.69) is 5.32 Å². The molecule has 1 amide bonds. The highest BCUT2D eigenvalue weighted by Gasteiger charge is 2.13. The van der Waals surface area contributed by atoms with Crippen LogP contribution in [0.5, 0.6) is 0 Å². The molecule has 5 heteroatoms. The van der Waals surface area contributed by atoms with E-state index in [1.165, 1.54) is 7.11 Å². The van der Waals surface area contributed by atoms with E-state index in [9.17, 15) is 9.59 Å². The van der Waals surface area contributed by atoms with Gasteiger partial charge in [-0.3, -0.25) is 4.79 Å². The molecule has 0 saturated heterocycles. The number of ether oxygens (including phenoxy) is 2. The van der Waals surface area contributed by atoms with Crippen molar-refractivity contribution in [2.45, 2.75) is 19.8 Å². The number of amides is 1. The molecule has 0 aliphatic carbocycles. The predicted molar refractivity (Wildman–Crippen MR) is 72.3 cm³/mol. The molecule has 104 valence electrons. The van der Waals surface area contributed by atoms with E-state index in [-0.39, 0.29) is 5.91 Å². The number of hydrogen-bond acceptors (Lipinski definition) is 4. The van der Waals surface area contributed by atoms with Crippen LogP contribution in [0.4, 0.5) is 5.69 Å². The van der Waals surface area contributed by atoms with E-state index in [1.54, 1.807) is 19.2 Å². The number of carbonyl (C=O) groups is 2. The Balaban J connectivity index is 2.77. The molecule has 19 heavy (non-hydrogen) atoms. The summed E-state index contributed by atoms with van der Waals surface area (Å²) >= 11 is 0. The average Bonchev–Trinajstić information content (AvgIpc) is 2.40. The molecule has 0 heterocycles. The zero-order chi connectivity index (χ0) is 14.3. The van der Waals surface area contributed by atoms with E-state index in [1.807, 2.05) is 13.0 Å². The first kappa shape index (κ1) is 15.2. The molecule has 1 N–H and O–H groups in total. The molecule has 0 saturated carbocycles. The lowest BCUT2D eigenvalue weighted by Gasteiger charge is -2.10. The molecule has 0 unspecified atom stereocenters. The number of rotatable bonds is 6. The van der Waals surface area contributed by atoms with Crippen molar-refractivity contribution in [3.8, 4) is 0 Å². The lowest BCUT2D eigenvalue weighted by Crippen LogP contribution is -2.15. The van der Waals surface area contributed by atoms with Crippen molar-refractivity contribution in [1.29, 1.82) is 0 Å². The van der Waals surface area contributed by atoms with Gasteiger partial charge in [-0.25, -0.2) is 4.79 Å². The van der Waals surface area contributed by atoms with Gasteiger partial charge in [0.25, 0.3) is 0 Å². The van der Waals surface area contributed by atoms with Gasteiger partial charge in [0.15, 0.2) is 0 Å². The number of aryl methyl sites for hydroxylation is 1. The number of hydrogen-bond donors (Lipinski definition) is 1. The fourth-order valence-electron chi connectivity index (χ4n) is 1.64. The molecule has 1 aromatic rings. The van der Waals surface area contributed by atoms with E-state index in [0.29, 0.717) is 30.7 Å². The van der Waals surface area contributed by atoms with Crippen LogP contribution in [0.3, 0.4) is 0 Å². The Morgan fingerprint density at radius 3 is 2.63 bits per heavy atom. The maximum absolute atomic E-state index is 11.7. The molecule has 0 aliphatic heterocycles. The minimum atomic E-state index is -0.462. The van der Waals surface area contributed by atoms with Gasteiger partial charge in [0.2, 0.25) is 5.91 Å². The summed E-state index contributed by atoms with van der Waals surface area (Å²) in [5, 5.41) is 2.72. The lowest BCUT2D eigenvalue weighted by molar-refractivity contribution is -0.116. The van der Waals surface area contributed by atoms with Crippen LogP contribution in [0.2, 0.25) is 0 Å². The second-order valence-corrected chi connectivity index (χ2v) is 4.19. The normalized spacial score (nSPS) is 10.1. The van der Waals surface area contributed by atoms with E-state index < -0.39 is 5.97 Å². The first-order valence-electron chi connectivity index (χ1n) is 6.06. The van der Waals surface area contributed by atoms with E-state index in [0.717, 1.165) is 5.56 Å². The standard InChI is InChI=1S/C14H19NO4/c1-10-6-7-12(11(9-10)14(17)19-3)15-13(16)5-4-8-18-2/h6-7,9H,4-5,8H2,1-3H3,(H,15,16).